The number of aryl methyl sites for hydroxylation is 1. The van der Waals surface area contributed by atoms with Gasteiger partial charge in [-0.2, -0.15) is 0 Å². The van der Waals surface area contributed by atoms with Crippen molar-refractivity contribution in [2.75, 3.05) is 6.61 Å². The molecule has 0 radical (unpaired) electrons. The van der Waals surface area contributed by atoms with Crippen molar-refractivity contribution in [2.45, 2.75) is 24.9 Å². The van der Waals surface area contributed by atoms with Gasteiger partial charge in [-0.05, 0) is 30.9 Å². The molecule has 1 saturated carbocycles. The van der Waals surface area contributed by atoms with E-state index < -0.39 is 0 Å². The topological polar surface area (TPSA) is 29.5 Å². The van der Waals surface area contributed by atoms with Crippen molar-refractivity contribution in [3.63, 3.8) is 0 Å². The Morgan fingerprint density at radius 2 is 2.29 bits per heavy atom. The van der Waals surface area contributed by atoms with E-state index in [4.69, 9.17) is 9.84 Å². The minimum absolute atomic E-state index is 0.0108. The Morgan fingerprint density at radius 3 is 3.07 bits per heavy atom. The Hall–Kier alpha value is -1.02. The number of para-hydroxylation sites is 1. The van der Waals surface area contributed by atoms with Gasteiger partial charge in [0.05, 0.1) is 0 Å². The maximum Gasteiger partial charge on any atom is 0.123 e. The van der Waals surface area contributed by atoms with Crippen LogP contribution in [0.2, 0.25) is 0 Å². The van der Waals surface area contributed by atoms with Gasteiger partial charge in [0.15, 0.2) is 0 Å². The molecule has 1 aliphatic carbocycles. The van der Waals surface area contributed by atoms with E-state index in [9.17, 15) is 0 Å². The molecule has 74 valence electrons. The molecule has 1 fully saturated rings. The molecule has 1 aromatic carbocycles. The van der Waals surface area contributed by atoms with E-state index in [2.05, 4.69) is 12.1 Å². The van der Waals surface area contributed by atoms with Crippen LogP contribution in [0.1, 0.15) is 18.4 Å². The Balaban J connectivity index is 1.88. The first-order valence-corrected chi connectivity index (χ1v) is 5.22. The summed E-state index contributed by atoms with van der Waals surface area (Å²) < 4.78 is 5.97. The Morgan fingerprint density at radius 1 is 1.43 bits per heavy atom. The highest BCUT2D eigenvalue weighted by Gasteiger charge is 2.57. The van der Waals surface area contributed by atoms with Gasteiger partial charge in [-0.25, -0.2) is 0 Å². The highest BCUT2D eigenvalue weighted by Crippen LogP contribution is 2.52. The third-order valence-corrected chi connectivity index (χ3v) is 3.50. The molecule has 1 aromatic rings. The summed E-state index contributed by atoms with van der Waals surface area (Å²) in [6.07, 6.45) is 3.18. The minimum atomic E-state index is -0.0108. The van der Waals surface area contributed by atoms with Crippen molar-refractivity contribution in [3.8, 4) is 5.75 Å². The monoisotopic (exact) mass is 190 g/mol. The zero-order valence-electron chi connectivity index (χ0n) is 8.07. The Kier molecular flexibility index (Phi) is 1.62. The van der Waals surface area contributed by atoms with E-state index >= 15 is 0 Å². The van der Waals surface area contributed by atoms with E-state index in [1.165, 1.54) is 5.56 Å². The van der Waals surface area contributed by atoms with Crippen molar-refractivity contribution in [2.24, 2.45) is 5.92 Å². The van der Waals surface area contributed by atoms with E-state index in [-0.39, 0.29) is 12.2 Å². The van der Waals surface area contributed by atoms with Crippen molar-refractivity contribution >= 4 is 0 Å². The molecule has 0 unspecified atom stereocenters. The van der Waals surface area contributed by atoms with Crippen LogP contribution in [0.3, 0.4) is 0 Å². The summed E-state index contributed by atoms with van der Waals surface area (Å²) in [6, 6.07) is 8.21. The lowest BCUT2D eigenvalue weighted by molar-refractivity contribution is 0.114. The second-order valence-corrected chi connectivity index (χ2v) is 4.36. The molecule has 2 nitrogen and oxygen atoms in total. The molecule has 2 aliphatic rings. The van der Waals surface area contributed by atoms with Gasteiger partial charge in [-0.1, -0.05) is 18.2 Å². The molecule has 0 amide bonds. The van der Waals surface area contributed by atoms with E-state index in [1.54, 1.807) is 0 Å². The number of benzene rings is 1. The van der Waals surface area contributed by atoms with Crippen LogP contribution in [0.25, 0.3) is 0 Å². The predicted molar refractivity (Wildman–Crippen MR) is 53.3 cm³/mol. The van der Waals surface area contributed by atoms with Crippen LogP contribution in [0.15, 0.2) is 24.3 Å². The number of hydrogen-bond acceptors (Lipinski definition) is 2. The lowest BCUT2D eigenvalue weighted by atomic mass is 10.00. The summed E-state index contributed by atoms with van der Waals surface area (Å²) in [5, 5.41) is 9.09. The van der Waals surface area contributed by atoms with Crippen molar-refractivity contribution in [1.29, 1.82) is 0 Å². The second kappa shape index (κ2) is 2.74. The molecular weight excluding hydrogens is 176 g/mol. The molecule has 1 spiro atoms. The Bertz CT molecular complexity index is 361. The molecule has 14 heavy (non-hydrogen) atoms. The van der Waals surface area contributed by atoms with Gasteiger partial charge in [-0.3, -0.25) is 0 Å². The lowest BCUT2D eigenvalue weighted by Gasteiger charge is -2.27. The number of hydrogen-bond donors (Lipinski definition) is 1. The largest absolute Gasteiger partial charge is 0.487 e. The van der Waals surface area contributed by atoms with Crippen LogP contribution in [0.5, 0.6) is 5.75 Å². The first-order chi connectivity index (χ1) is 6.84. The second-order valence-electron chi connectivity index (χ2n) is 4.36. The van der Waals surface area contributed by atoms with E-state index in [0.29, 0.717) is 5.92 Å². The molecule has 1 heterocycles. The number of fused-ring (bicyclic) bond motifs is 1. The van der Waals surface area contributed by atoms with Crippen molar-refractivity contribution < 1.29 is 9.84 Å². The smallest absolute Gasteiger partial charge is 0.123 e. The summed E-state index contributed by atoms with van der Waals surface area (Å²) in [7, 11) is 0. The third kappa shape index (κ3) is 1.07. The average molecular weight is 190 g/mol. The molecular formula is C12H14O2. The number of aliphatic hydroxyl groups is 1. The molecule has 0 bridgehead atoms. The summed E-state index contributed by atoms with van der Waals surface area (Å²) in [6.45, 7) is 0.266. The van der Waals surface area contributed by atoms with Gasteiger partial charge in [0.1, 0.15) is 11.4 Å². The van der Waals surface area contributed by atoms with Crippen molar-refractivity contribution in [1.82, 2.24) is 0 Å². The fraction of sp³-hybridized carbons (Fsp3) is 0.500. The van der Waals surface area contributed by atoms with Gasteiger partial charge in [0.2, 0.25) is 0 Å². The minimum Gasteiger partial charge on any atom is -0.487 e. The van der Waals surface area contributed by atoms with Crippen LogP contribution in [-0.4, -0.2) is 17.3 Å². The fourth-order valence-corrected chi connectivity index (χ4v) is 2.45. The normalized spacial score (nSPS) is 33.6. The first-order valence-electron chi connectivity index (χ1n) is 5.22. The maximum absolute atomic E-state index is 9.09. The van der Waals surface area contributed by atoms with Gasteiger partial charge in [-0.15, -0.1) is 0 Å². The van der Waals surface area contributed by atoms with Crippen LogP contribution in [0, 0.1) is 5.92 Å². The summed E-state index contributed by atoms with van der Waals surface area (Å²) in [5.41, 5.74) is 1.30. The lowest BCUT2D eigenvalue weighted by Crippen LogP contribution is -2.27. The highest BCUT2D eigenvalue weighted by molar-refractivity contribution is 5.37. The van der Waals surface area contributed by atoms with Crippen LogP contribution < -0.4 is 4.74 Å². The molecule has 2 atom stereocenters. The number of rotatable bonds is 1. The molecule has 1 N–H and O–H groups in total. The van der Waals surface area contributed by atoms with Crippen LogP contribution in [-0.2, 0) is 6.42 Å². The van der Waals surface area contributed by atoms with Crippen LogP contribution >= 0.6 is 0 Å². The predicted octanol–water partition coefficient (Wildman–Crippen LogP) is 1.76. The van der Waals surface area contributed by atoms with Gasteiger partial charge in [0.25, 0.3) is 0 Å². The van der Waals surface area contributed by atoms with E-state index in [1.807, 2.05) is 12.1 Å². The molecule has 2 heteroatoms. The maximum atomic E-state index is 9.09. The van der Waals surface area contributed by atoms with Crippen LogP contribution in [0.4, 0.5) is 0 Å². The first kappa shape index (κ1) is 8.30. The average Bonchev–Trinajstić information content (AvgIpc) is 2.91. The van der Waals surface area contributed by atoms with Gasteiger partial charge >= 0.3 is 0 Å². The molecule has 0 saturated heterocycles. The summed E-state index contributed by atoms with van der Waals surface area (Å²) in [4.78, 5) is 0. The molecule has 0 aromatic heterocycles. The van der Waals surface area contributed by atoms with E-state index in [0.717, 1.165) is 25.0 Å². The van der Waals surface area contributed by atoms with Crippen molar-refractivity contribution in [3.05, 3.63) is 29.8 Å². The SMILES string of the molecule is OC[C@@H]1C[C@]12CCc1ccccc1O2. The number of aliphatic hydroxyl groups excluding tert-OH is 1. The molecule has 1 aliphatic heterocycles. The molecule has 3 rings (SSSR count). The fourth-order valence-electron chi connectivity index (χ4n) is 2.45. The standard InChI is InChI=1S/C12H14O2/c13-8-10-7-12(10)6-5-9-3-1-2-4-11(9)14-12/h1-4,10,13H,5-8H2/t10-,12+/m0/s1. The summed E-state index contributed by atoms with van der Waals surface area (Å²) in [5.74, 6) is 1.39. The highest BCUT2D eigenvalue weighted by atomic mass is 16.5. The van der Waals surface area contributed by atoms with Gasteiger partial charge in [0, 0.05) is 12.5 Å². The number of ether oxygens (including phenoxy) is 1. The summed E-state index contributed by atoms with van der Waals surface area (Å²) >= 11 is 0. The third-order valence-electron chi connectivity index (χ3n) is 3.50. The zero-order chi connectivity index (χ0) is 9.60. The quantitative estimate of drug-likeness (QED) is 0.731. The Labute approximate surface area is 83.5 Å². The zero-order valence-corrected chi connectivity index (χ0v) is 8.07. The van der Waals surface area contributed by atoms with Gasteiger partial charge < -0.3 is 9.84 Å².